The molecule has 0 saturated carbocycles. The second kappa shape index (κ2) is 6.86. The van der Waals surface area contributed by atoms with Gasteiger partial charge in [-0.2, -0.15) is 4.39 Å². The van der Waals surface area contributed by atoms with Crippen LogP contribution in [0.1, 0.15) is 6.92 Å². The van der Waals surface area contributed by atoms with Gasteiger partial charge in [-0.15, -0.1) is 5.10 Å². The van der Waals surface area contributed by atoms with Crippen molar-refractivity contribution in [3.63, 3.8) is 0 Å². The molecular weight excluding hydrogens is 351 g/mol. The van der Waals surface area contributed by atoms with Gasteiger partial charge >= 0.3 is 5.97 Å². The lowest BCUT2D eigenvalue weighted by atomic mass is 10.2. The predicted octanol–water partition coefficient (Wildman–Crippen LogP) is 2.97. The molecule has 3 heterocycles. The molecule has 1 N–H and O–H groups in total. The lowest BCUT2D eigenvalue weighted by Crippen LogP contribution is -2.23. The lowest BCUT2D eigenvalue weighted by molar-refractivity contribution is -0.144. The van der Waals surface area contributed by atoms with Gasteiger partial charge in [0.15, 0.2) is 11.9 Å². The number of hydrogen-bond acceptors (Lipinski definition) is 5. The summed E-state index contributed by atoms with van der Waals surface area (Å²) in [6, 6.07) is 7.89. The van der Waals surface area contributed by atoms with Crippen LogP contribution in [0.2, 0.25) is 5.02 Å². The van der Waals surface area contributed by atoms with E-state index < -0.39 is 18.0 Å². The summed E-state index contributed by atoms with van der Waals surface area (Å²) in [5.74, 6) is -1.53. The summed E-state index contributed by atoms with van der Waals surface area (Å²) in [7, 11) is 0. The Morgan fingerprint density at radius 3 is 2.76 bits per heavy atom. The van der Waals surface area contributed by atoms with Crippen molar-refractivity contribution in [2.75, 3.05) is 0 Å². The molecule has 3 aromatic rings. The van der Waals surface area contributed by atoms with Gasteiger partial charge in [0.25, 0.3) is 5.88 Å². The molecule has 25 heavy (non-hydrogen) atoms. The maximum atomic E-state index is 13.5. The quantitative estimate of drug-likeness (QED) is 0.702. The fraction of sp³-hybridized carbons (Fsp3) is 0.125. The predicted molar refractivity (Wildman–Crippen MR) is 87.3 cm³/mol. The van der Waals surface area contributed by atoms with E-state index in [2.05, 4.69) is 15.1 Å². The van der Waals surface area contributed by atoms with Crippen LogP contribution in [-0.4, -0.2) is 36.9 Å². The second-order valence-electron chi connectivity index (χ2n) is 5.03. The van der Waals surface area contributed by atoms with Crippen molar-refractivity contribution in [2.24, 2.45) is 0 Å². The maximum Gasteiger partial charge on any atom is 0.344 e. The first-order valence-corrected chi connectivity index (χ1v) is 7.56. The fourth-order valence-corrected chi connectivity index (χ4v) is 2.39. The normalized spacial score (nSPS) is 12.0. The SMILES string of the molecule is C[C@@H](Oc1nn(-c2ccccn2)c(-c2ccnc(F)c2)c1Cl)C(=O)O. The van der Waals surface area contributed by atoms with Crippen LogP contribution < -0.4 is 4.74 Å². The van der Waals surface area contributed by atoms with Gasteiger partial charge in [0.05, 0.1) is 5.69 Å². The van der Waals surface area contributed by atoms with Crippen molar-refractivity contribution in [2.45, 2.75) is 13.0 Å². The van der Waals surface area contributed by atoms with E-state index in [1.807, 2.05) is 0 Å². The van der Waals surface area contributed by atoms with E-state index >= 15 is 0 Å². The first-order chi connectivity index (χ1) is 12.0. The molecule has 9 heteroatoms. The van der Waals surface area contributed by atoms with Crippen LogP contribution in [0.15, 0.2) is 42.7 Å². The summed E-state index contributed by atoms with van der Waals surface area (Å²) in [4.78, 5) is 18.7. The Balaban J connectivity index is 2.17. The number of rotatable bonds is 5. The fourth-order valence-electron chi connectivity index (χ4n) is 2.12. The van der Waals surface area contributed by atoms with E-state index in [0.29, 0.717) is 17.1 Å². The maximum absolute atomic E-state index is 13.5. The van der Waals surface area contributed by atoms with Crippen molar-refractivity contribution in [3.8, 4) is 23.0 Å². The van der Waals surface area contributed by atoms with Crippen molar-refractivity contribution < 1.29 is 19.0 Å². The van der Waals surface area contributed by atoms with Crippen LogP contribution in [-0.2, 0) is 4.79 Å². The number of halogens is 2. The number of pyridine rings is 2. The number of ether oxygens (including phenoxy) is 1. The minimum atomic E-state index is -1.17. The minimum Gasteiger partial charge on any atom is -0.479 e. The highest BCUT2D eigenvalue weighted by Gasteiger charge is 2.24. The third-order valence-electron chi connectivity index (χ3n) is 3.30. The highest BCUT2D eigenvalue weighted by Crippen LogP contribution is 2.37. The number of carboxylic acids is 1. The molecule has 0 aliphatic carbocycles. The van der Waals surface area contributed by atoms with Gasteiger partial charge in [-0.05, 0) is 25.1 Å². The Hall–Kier alpha value is -3.00. The van der Waals surface area contributed by atoms with Crippen LogP contribution in [0.3, 0.4) is 0 Å². The zero-order chi connectivity index (χ0) is 18.0. The number of hydrogen-bond donors (Lipinski definition) is 1. The molecule has 7 nitrogen and oxygen atoms in total. The highest BCUT2D eigenvalue weighted by molar-refractivity contribution is 6.34. The summed E-state index contributed by atoms with van der Waals surface area (Å²) >= 11 is 6.34. The summed E-state index contributed by atoms with van der Waals surface area (Å²) in [6.45, 7) is 1.35. The average molecular weight is 363 g/mol. The molecule has 0 aromatic carbocycles. The molecule has 3 rings (SSSR count). The Morgan fingerprint density at radius 2 is 2.12 bits per heavy atom. The first kappa shape index (κ1) is 16.8. The molecule has 128 valence electrons. The standard InChI is InChI=1S/C16H12ClFN4O3/c1-9(16(23)24)25-15-13(17)14(10-5-7-19-11(18)8-10)22(21-15)12-4-2-3-6-20-12/h2-9H,1H3,(H,23,24)/t9-/m1/s1. The van der Waals surface area contributed by atoms with Gasteiger partial charge in [-0.1, -0.05) is 17.7 Å². The van der Waals surface area contributed by atoms with E-state index in [4.69, 9.17) is 21.4 Å². The Labute approximate surface area is 146 Å². The zero-order valence-electron chi connectivity index (χ0n) is 12.9. The number of aliphatic carboxylic acids is 1. The third-order valence-corrected chi connectivity index (χ3v) is 3.64. The molecule has 0 fully saturated rings. The largest absolute Gasteiger partial charge is 0.479 e. The zero-order valence-corrected chi connectivity index (χ0v) is 13.7. The van der Waals surface area contributed by atoms with E-state index in [0.717, 1.165) is 0 Å². The van der Waals surface area contributed by atoms with Gasteiger partial charge in [0.1, 0.15) is 5.02 Å². The van der Waals surface area contributed by atoms with Gasteiger partial charge in [-0.3, -0.25) is 0 Å². The molecule has 0 aliphatic rings. The molecule has 0 amide bonds. The summed E-state index contributed by atoms with van der Waals surface area (Å²) in [6.07, 6.45) is 1.69. The van der Waals surface area contributed by atoms with Gasteiger partial charge in [-0.25, -0.2) is 19.4 Å². The summed E-state index contributed by atoms with van der Waals surface area (Å²) in [5, 5.41) is 13.3. The average Bonchev–Trinajstić information content (AvgIpc) is 2.92. The number of aromatic nitrogens is 4. The lowest BCUT2D eigenvalue weighted by Gasteiger charge is -2.07. The van der Waals surface area contributed by atoms with Crippen LogP contribution >= 0.6 is 11.6 Å². The van der Waals surface area contributed by atoms with Crippen molar-refractivity contribution in [3.05, 3.63) is 53.7 Å². The number of carboxylic acid groups (broad SMARTS) is 1. The van der Waals surface area contributed by atoms with Gasteiger partial charge < -0.3 is 9.84 Å². The molecule has 3 aromatic heterocycles. The van der Waals surface area contributed by atoms with E-state index in [1.54, 1.807) is 30.5 Å². The molecule has 0 aliphatic heterocycles. The Bertz CT molecular complexity index is 917. The Morgan fingerprint density at radius 1 is 1.32 bits per heavy atom. The van der Waals surface area contributed by atoms with Crippen LogP contribution in [0, 0.1) is 5.95 Å². The van der Waals surface area contributed by atoms with E-state index in [-0.39, 0.29) is 10.9 Å². The topological polar surface area (TPSA) is 90.1 Å². The summed E-state index contributed by atoms with van der Waals surface area (Å²) < 4.78 is 20.2. The third kappa shape index (κ3) is 3.43. The summed E-state index contributed by atoms with van der Waals surface area (Å²) in [5.41, 5.74) is 0.711. The van der Waals surface area contributed by atoms with Crippen molar-refractivity contribution >= 4 is 17.6 Å². The van der Waals surface area contributed by atoms with Gasteiger partial charge in [0.2, 0.25) is 5.95 Å². The molecule has 0 saturated heterocycles. The molecule has 0 bridgehead atoms. The Kier molecular flexibility index (Phi) is 4.62. The molecular formula is C16H12ClFN4O3. The second-order valence-corrected chi connectivity index (χ2v) is 5.41. The molecule has 0 radical (unpaired) electrons. The van der Waals surface area contributed by atoms with Crippen molar-refractivity contribution in [1.29, 1.82) is 0 Å². The molecule has 0 spiro atoms. The van der Waals surface area contributed by atoms with Crippen LogP contribution in [0.5, 0.6) is 5.88 Å². The van der Waals surface area contributed by atoms with Crippen LogP contribution in [0.4, 0.5) is 4.39 Å². The van der Waals surface area contributed by atoms with Crippen LogP contribution in [0.25, 0.3) is 17.1 Å². The molecule has 0 unspecified atom stereocenters. The molecule has 1 atom stereocenters. The number of carbonyl (C=O) groups is 1. The van der Waals surface area contributed by atoms with E-state index in [9.17, 15) is 9.18 Å². The van der Waals surface area contributed by atoms with Crippen molar-refractivity contribution in [1.82, 2.24) is 19.7 Å². The van der Waals surface area contributed by atoms with E-state index in [1.165, 1.54) is 23.9 Å². The smallest absolute Gasteiger partial charge is 0.344 e. The monoisotopic (exact) mass is 362 g/mol. The first-order valence-electron chi connectivity index (χ1n) is 7.18. The number of nitrogens with zero attached hydrogens (tertiary/aromatic N) is 4. The van der Waals surface area contributed by atoms with Gasteiger partial charge in [0, 0.05) is 24.0 Å². The minimum absolute atomic E-state index is 0.0457. The highest BCUT2D eigenvalue weighted by atomic mass is 35.5.